The molecule has 2 rings (SSSR count). The summed E-state index contributed by atoms with van der Waals surface area (Å²) < 4.78 is 0.977. The van der Waals surface area contributed by atoms with Gasteiger partial charge in [-0.2, -0.15) is 0 Å². The molecule has 1 aromatic heterocycles. The van der Waals surface area contributed by atoms with Crippen molar-refractivity contribution in [2.75, 3.05) is 0 Å². The first-order chi connectivity index (χ1) is 9.02. The predicted octanol–water partition coefficient (Wildman–Crippen LogP) is 5.80. The van der Waals surface area contributed by atoms with E-state index >= 15 is 0 Å². The molecule has 100 valence electrons. The summed E-state index contributed by atoms with van der Waals surface area (Å²) in [5.74, 6) is 0.423. The van der Waals surface area contributed by atoms with Crippen LogP contribution < -0.4 is 0 Å². The maximum atomic E-state index is 12.3. The molecule has 0 fully saturated rings. The van der Waals surface area contributed by atoms with Gasteiger partial charge in [0, 0.05) is 5.56 Å². The number of hydrogen-bond acceptors (Lipinski definition) is 2. The third kappa shape index (κ3) is 3.19. The van der Waals surface area contributed by atoms with Crippen molar-refractivity contribution < 1.29 is 4.79 Å². The first-order valence-corrected chi connectivity index (χ1v) is 7.69. The van der Waals surface area contributed by atoms with Crippen molar-refractivity contribution in [3.8, 4) is 0 Å². The SMILES string of the molecule is CCC(C)c1ccc(C(=O)c2cc(Cl)sc2Cl)cc1. The van der Waals surface area contributed by atoms with Crippen molar-refractivity contribution in [3.63, 3.8) is 0 Å². The highest BCUT2D eigenvalue weighted by molar-refractivity contribution is 7.20. The fraction of sp³-hybridized carbons (Fsp3) is 0.267. The van der Waals surface area contributed by atoms with Crippen LogP contribution in [0.3, 0.4) is 0 Å². The van der Waals surface area contributed by atoms with Crippen LogP contribution in [0.15, 0.2) is 30.3 Å². The van der Waals surface area contributed by atoms with Crippen molar-refractivity contribution in [1.29, 1.82) is 0 Å². The Labute approximate surface area is 127 Å². The number of hydrogen-bond donors (Lipinski definition) is 0. The number of carbonyl (C=O) groups excluding carboxylic acids is 1. The number of rotatable bonds is 4. The second kappa shape index (κ2) is 6.08. The van der Waals surface area contributed by atoms with E-state index in [-0.39, 0.29) is 5.78 Å². The molecule has 0 aliphatic carbocycles. The minimum atomic E-state index is -0.0798. The van der Waals surface area contributed by atoms with Crippen LogP contribution in [0.5, 0.6) is 0 Å². The standard InChI is InChI=1S/C15H14Cl2OS/c1-3-9(2)10-4-6-11(7-5-10)14(18)12-8-13(16)19-15(12)17/h4-9H,3H2,1-2H3. The van der Waals surface area contributed by atoms with Gasteiger partial charge in [-0.25, -0.2) is 0 Å². The third-order valence-electron chi connectivity index (χ3n) is 3.26. The maximum absolute atomic E-state index is 12.3. The highest BCUT2D eigenvalue weighted by Gasteiger charge is 2.16. The lowest BCUT2D eigenvalue weighted by Crippen LogP contribution is -2.01. The summed E-state index contributed by atoms with van der Waals surface area (Å²) in [7, 11) is 0. The lowest BCUT2D eigenvalue weighted by molar-refractivity contribution is 0.103. The maximum Gasteiger partial charge on any atom is 0.195 e. The van der Waals surface area contributed by atoms with E-state index in [1.165, 1.54) is 16.9 Å². The van der Waals surface area contributed by atoms with Gasteiger partial charge in [0.2, 0.25) is 0 Å². The molecule has 1 aromatic carbocycles. The quantitative estimate of drug-likeness (QED) is 0.652. The van der Waals surface area contributed by atoms with E-state index < -0.39 is 0 Å². The van der Waals surface area contributed by atoms with Crippen molar-refractivity contribution >= 4 is 40.3 Å². The number of carbonyl (C=O) groups is 1. The zero-order chi connectivity index (χ0) is 14.0. The molecule has 1 unspecified atom stereocenters. The van der Waals surface area contributed by atoms with Gasteiger partial charge in [0.1, 0.15) is 4.34 Å². The zero-order valence-electron chi connectivity index (χ0n) is 10.7. The number of ketones is 1. The Morgan fingerprint density at radius 2 is 1.89 bits per heavy atom. The van der Waals surface area contributed by atoms with Crippen molar-refractivity contribution in [1.82, 2.24) is 0 Å². The van der Waals surface area contributed by atoms with Gasteiger partial charge in [-0.1, -0.05) is 61.3 Å². The molecular weight excluding hydrogens is 299 g/mol. The average Bonchev–Trinajstić information content (AvgIpc) is 2.76. The van der Waals surface area contributed by atoms with Crippen LogP contribution in [-0.4, -0.2) is 5.78 Å². The Balaban J connectivity index is 2.27. The fourth-order valence-electron chi connectivity index (χ4n) is 1.85. The summed E-state index contributed by atoms with van der Waals surface area (Å²) in [6, 6.07) is 9.34. The molecule has 0 spiro atoms. The zero-order valence-corrected chi connectivity index (χ0v) is 13.1. The highest BCUT2D eigenvalue weighted by Crippen LogP contribution is 2.32. The second-order valence-electron chi connectivity index (χ2n) is 4.50. The smallest absolute Gasteiger partial charge is 0.195 e. The lowest BCUT2D eigenvalue weighted by atomic mass is 9.96. The van der Waals surface area contributed by atoms with Crippen LogP contribution in [0.4, 0.5) is 0 Å². The van der Waals surface area contributed by atoms with Gasteiger partial charge in [-0.15, -0.1) is 11.3 Å². The second-order valence-corrected chi connectivity index (χ2v) is 6.78. The minimum absolute atomic E-state index is 0.0798. The molecule has 19 heavy (non-hydrogen) atoms. The Bertz CT molecular complexity index is 587. The van der Waals surface area contributed by atoms with Gasteiger partial charge < -0.3 is 0 Å². The number of thiophene rings is 1. The molecule has 0 bridgehead atoms. The van der Waals surface area contributed by atoms with Crippen LogP contribution in [0.25, 0.3) is 0 Å². The minimum Gasteiger partial charge on any atom is -0.289 e. The molecule has 4 heteroatoms. The molecule has 0 aliphatic rings. The first-order valence-electron chi connectivity index (χ1n) is 6.12. The molecular formula is C15H14Cl2OS. The highest BCUT2D eigenvalue weighted by atomic mass is 35.5. The summed E-state index contributed by atoms with van der Waals surface area (Å²) in [6.07, 6.45) is 1.08. The van der Waals surface area contributed by atoms with Crippen LogP contribution >= 0.6 is 34.5 Å². The van der Waals surface area contributed by atoms with Crippen LogP contribution in [-0.2, 0) is 0 Å². The molecule has 0 aliphatic heterocycles. The monoisotopic (exact) mass is 312 g/mol. The molecule has 0 radical (unpaired) electrons. The van der Waals surface area contributed by atoms with Gasteiger partial charge in [0.25, 0.3) is 0 Å². The van der Waals surface area contributed by atoms with Gasteiger partial charge in [-0.05, 0) is 24.0 Å². The average molecular weight is 313 g/mol. The lowest BCUT2D eigenvalue weighted by Gasteiger charge is -2.09. The van der Waals surface area contributed by atoms with E-state index in [4.69, 9.17) is 23.2 Å². The Morgan fingerprint density at radius 1 is 1.26 bits per heavy atom. The van der Waals surface area contributed by atoms with E-state index in [0.29, 0.717) is 25.7 Å². The Morgan fingerprint density at radius 3 is 2.37 bits per heavy atom. The van der Waals surface area contributed by atoms with Gasteiger partial charge >= 0.3 is 0 Å². The van der Waals surface area contributed by atoms with E-state index in [0.717, 1.165) is 6.42 Å². The van der Waals surface area contributed by atoms with Crippen molar-refractivity contribution in [3.05, 3.63) is 55.7 Å². The Kier molecular flexibility index (Phi) is 4.67. The predicted molar refractivity (Wildman–Crippen MR) is 82.9 cm³/mol. The first kappa shape index (κ1) is 14.6. The van der Waals surface area contributed by atoms with Gasteiger partial charge in [0.15, 0.2) is 5.78 Å². The Hall–Kier alpha value is -0.830. The molecule has 1 heterocycles. The molecule has 0 N–H and O–H groups in total. The van der Waals surface area contributed by atoms with E-state index in [1.807, 2.05) is 24.3 Å². The number of benzene rings is 1. The summed E-state index contributed by atoms with van der Waals surface area (Å²) in [5, 5.41) is 0. The summed E-state index contributed by atoms with van der Waals surface area (Å²) in [6.45, 7) is 4.32. The van der Waals surface area contributed by atoms with Crippen molar-refractivity contribution in [2.24, 2.45) is 0 Å². The van der Waals surface area contributed by atoms with Gasteiger partial charge in [0.05, 0.1) is 9.90 Å². The molecule has 1 nitrogen and oxygen atoms in total. The topological polar surface area (TPSA) is 17.1 Å². The summed E-state index contributed by atoms with van der Waals surface area (Å²) in [4.78, 5) is 12.3. The molecule has 0 saturated carbocycles. The van der Waals surface area contributed by atoms with Crippen LogP contribution in [0, 0.1) is 0 Å². The van der Waals surface area contributed by atoms with E-state index in [9.17, 15) is 4.79 Å². The van der Waals surface area contributed by atoms with Gasteiger partial charge in [-0.3, -0.25) is 4.79 Å². The largest absolute Gasteiger partial charge is 0.289 e. The molecule has 2 aromatic rings. The van der Waals surface area contributed by atoms with Crippen LogP contribution in [0.2, 0.25) is 8.67 Å². The summed E-state index contributed by atoms with van der Waals surface area (Å²) in [5.41, 5.74) is 2.37. The van der Waals surface area contributed by atoms with Crippen molar-refractivity contribution in [2.45, 2.75) is 26.2 Å². The summed E-state index contributed by atoms with van der Waals surface area (Å²) >= 11 is 13.1. The number of halogens is 2. The van der Waals surface area contributed by atoms with E-state index in [1.54, 1.807) is 6.07 Å². The third-order valence-corrected chi connectivity index (χ3v) is 4.74. The molecule has 0 saturated heterocycles. The van der Waals surface area contributed by atoms with E-state index in [2.05, 4.69) is 13.8 Å². The normalized spacial score (nSPS) is 12.4. The fourth-order valence-corrected chi connectivity index (χ4v) is 3.31. The molecule has 0 amide bonds. The van der Waals surface area contributed by atoms with Crippen LogP contribution in [0.1, 0.15) is 47.7 Å². The molecule has 1 atom stereocenters.